The fraction of sp³-hybridized carbons (Fsp3) is 0.714. The highest BCUT2D eigenvalue weighted by Gasteiger charge is 2.20. The lowest BCUT2D eigenvalue weighted by molar-refractivity contribution is 0.683. The first-order valence-corrected chi connectivity index (χ1v) is 7.05. The van der Waals surface area contributed by atoms with E-state index in [4.69, 9.17) is 0 Å². The van der Waals surface area contributed by atoms with Crippen molar-refractivity contribution in [1.82, 2.24) is 20.4 Å². The minimum atomic E-state index is 0. The molecule has 1 fully saturated rings. The normalized spacial score (nSPS) is 14.9. The highest BCUT2D eigenvalue weighted by molar-refractivity contribution is 14.0. The predicted octanol–water partition coefficient (Wildman–Crippen LogP) is 2.12. The van der Waals surface area contributed by atoms with E-state index in [2.05, 4.69) is 27.6 Å². The van der Waals surface area contributed by atoms with Crippen LogP contribution in [0.15, 0.2) is 4.99 Å². The Kier molecular flexibility index (Phi) is 6.78. The zero-order chi connectivity index (χ0) is 13.8. The van der Waals surface area contributed by atoms with E-state index in [1.54, 1.807) is 0 Å². The minimum Gasteiger partial charge on any atom is -0.356 e. The molecule has 114 valence electrons. The van der Waals surface area contributed by atoms with E-state index in [-0.39, 0.29) is 24.0 Å². The number of hydrogen-bond acceptors (Lipinski definition) is 2. The molecule has 6 heteroatoms. The average Bonchev–Trinajstić information content (AvgIpc) is 3.16. The number of aliphatic imine (C=N–C) groups is 1. The lowest BCUT2D eigenvalue weighted by Crippen LogP contribution is -2.37. The second-order valence-electron chi connectivity index (χ2n) is 5.36. The zero-order valence-electron chi connectivity index (χ0n) is 12.9. The second kappa shape index (κ2) is 7.85. The number of rotatable bonds is 5. The van der Waals surface area contributed by atoms with Crippen LogP contribution in [0.2, 0.25) is 0 Å². The van der Waals surface area contributed by atoms with E-state index in [1.807, 2.05) is 25.7 Å². The first kappa shape index (κ1) is 17.3. The van der Waals surface area contributed by atoms with E-state index in [9.17, 15) is 0 Å². The van der Waals surface area contributed by atoms with Gasteiger partial charge in [-0.3, -0.25) is 9.67 Å². The molecule has 0 unspecified atom stereocenters. The predicted molar refractivity (Wildman–Crippen MR) is 93.6 cm³/mol. The lowest BCUT2D eigenvalue weighted by atomic mass is 10.2. The maximum atomic E-state index is 4.42. The number of hydrogen-bond donors (Lipinski definition) is 2. The van der Waals surface area contributed by atoms with Gasteiger partial charge in [-0.1, -0.05) is 12.8 Å². The SMILES string of the molecule is CN=C(NCCC1CC1)NCc1c(C)nn(C)c1C.I. The molecule has 0 amide bonds. The maximum Gasteiger partial charge on any atom is 0.191 e. The summed E-state index contributed by atoms with van der Waals surface area (Å²) in [5.74, 6) is 1.83. The Bertz CT molecular complexity index is 462. The molecule has 1 aliphatic carbocycles. The lowest BCUT2D eigenvalue weighted by Gasteiger charge is -2.12. The van der Waals surface area contributed by atoms with Crippen LogP contribution in [0.3, 0.4) is 0 Å². The third-order valence-corrected chi connectivity index (χ3v) is 3.86. The number of aryl methyl sites for hydroxylation is 2. The molecule has 1 saturated carbocycles. The van der Waals surface area contributed by atoms with Gasteiger partial charge in [0.2, 0.25) is 0 Å². The Balaban J connectivity index is 0.00000200. The summed E-state index contributed by atoms with van der Waals surface area (Å²) >= 11 is 0. The van der Waals surface area contributed by atoms with Gasteiger partial charge in [0.15, 0.2) is 5.96 Å². The number of aromatic nitrogens is 2. The van der Waals surface area contributed by atoms with E-state index in [0.717, 1.165) is 30.7 Å². The van der Waals surface area contributed by atoms with Crippen molar-refractivity contribution in [1.29, 1.82) is 0 Å². The monoisotopic (exact) mass is 391 g/mol. The number of halogens is 1. The standard InChI is InChI=1S/C14H25N5.HI/c1-10-13(11(2)19(4)18-10)9-17-14(15-3)16-8-7-12-5-6-12;/h12H,5-9H2,1-4H3,(H2,15,16,17);1H. The largest absolute Gasteiger partial charge is 0.356 e. The molecule has 1 heterocycles. The highest BCUT2D eigenvalue weighted by atomic mass is 127. The topological polar surface area (TPSA) is 54.2 Å². The van der Waals surface area contributed by atoms with Crippen LogP contribution in [-0.4, -0.2) is 29.3 Å². The highest BCUT2D eigenvalue weighted by Crippen LogP contribution is 2.31. The van der Waals surface area contributed by atoms with Gasteiger partial charge in [-0.05, 0) is 26.2 Å². The Hall–Kier alpha value is -0.790. The molecule has 2 rings (SSSR count). The summed E-state index contributed by atoms with van der Waals surface area (Å²) < 4.78 is 1.93. The van der Waals surface area contributed by atoms with E-state index in [0.29, 0.717) is 0 Å². The molecular formula is C14H26IN5. The molecule has 20 heavy (non-hydrogen) atoms. The molecule has 0 saturated heterocycles. The molecule has 0 aromatic carbocycles. The van der Waals surface area contributed by atoms with E-state index in [1.165, 1.54) is 30.5 Å². The van der Waals surface area contributed by atoms with Crippen molar-refractivity contribution in [2.24, 2.45) is 18.0 Å². The van der Waals surface area contributed by atoms with Crippen LogP contribution in [0.5, 0.6) is 0 Å². The molecule has 0 atom stereocenters. The van der Waals surface area contributed by atoms with Gasteiger partial charge in [0.1, 0.15) is 0 Å². The third-order valence-electron chi connectivity index (χ3n) is 3.86. The fourth-order valence-corrected chi connectivity index (χ4v) is 2.27. The van der Waals surface area contributed by atoms with E-state index < -0.39 is 0 Å². The summed E-state index contributed by atoms with van der Waals surface area (Å²) in [6.07, 6.45) is 4.06. The smallest absolute Gasteiger partial charge is 0.191 e. The first-order valence-electron chi connectivity index (χ1n) is 7.05. The Morgan fingerprint density at radius 2 is 2.05 bits per heavy atom. The molecule has 0 aliphatic heterocycles. The van der Waals surface area contributed by atoms with Crippen LogP contribution in [0.25, 0.3) is 0 Å². The van der Waals surface area contributed by atoms with Gasteiger partial charge in [0.05, 0.1) is 5.69 Å². The molecule has 0 spiro atoms. The molecule has 1 aromatic heterocycles. The summed E-state index contributed by atoms with van der Waals surface area (Å²) in [6.45, 7) is 5.93. The Labute approximate surface area is 138 Å². The fourth-order valence-electron chi connectivity index (χ4n) is 2.27. The molecule has 1 aliphatic rings. The van der Waals surface area contributed by atoms with Crippen molar-refractivity contribution in [2.45, 2.75) is 39.7 Å². The maximum absolute atomic E-state index is 4.42. The van der Waals surface area contributed by atoms with Gasteiger partial charge in [0, 0.05) is 38.4 Å². The van der Waals surface area contributed by atoms with Crippen LogP contribution >= 0.6 is 24.0 Å². The molecule has 5 nitrogen and oxygen atoms in total. The van der Waals surface area contributed by atoms with Gasteiger partial charge < -0.3 is 10.6 Å². The average molecular weight is 391 g/mol. The zero-order valence-corrected chi connectivity index (χ0v) is 15.2. The second-order valence-corrected chi connectivity index (χ2v) is 5.36. The quantitative estimate of drug-likeness (QED) is 0.459. The summed E-state index contributed by atoms with van der Waals surface area (Å²) in [4.78, 5) is 4.25. The van der Waals surface area contributed by atoms with E-state index >= 15 is 0 Å². The Morgan fingerprint density at radius 3 is 2.55 bits per heavy atom. The van der Waals surface area contributed by atoms with Gasteiger partial charge in [-0.2, -0.15) is 5.10 Å². The van der Waals surface area contributed by atoms with Crippen molar-refractivity contribution in [3.63, 3.8) is 0 Å². The molecule has 2 N–H and O–H groups in total. The van der Waals surface area contributed by atoms with Gasteiger partial charge in [-0.25, -0.2) is 0 Å². The van der Waals surface area contributed by atoms with Gasteiger partial charge in [0.25, 0.3) is 0 Å². The number of guanidine groups is 1. The summed E-state index contributed by atoms with van der Waals surface area (Å²) in [5.41, 5.74) is 3.55. The first-order chi connectivity index (χ1) is 9.11. The third kappa shape index (κ3) is 4.64. The van der Waals surface area contributed by atoms with Crippen molar-refractivity contribution >= 4 is 29.9 Å². The van der Waals surface area contributed by atoms with Crippen molar-refractivity contribution in [2.75, 3.05) is 13.6 Å². The molecular weight excluding hydrogens is 365 g/mol. The van der Waals surface area contributed by atoms with Gasteiger partial charge in [-0.15, -0.1) is 24.0 Å². The molecule has 1 aromatic rings. The van der Waals surface area contributed by atoms with Crippen LogP contribution < -0.4 is 10.6 Å². The van der Waals surface area contributed by atoms with Crippen LogP contribution in [-0.2, 0) is 13.6 Å². The summed E-state index contributed by atoms with van der Waals surface area (Å²) in [7, 11) is 3.80. The minimum absolute atomic E-state index is 0. The van der Waals surface area contributed by atoms with Crippen LogP contribution in [0, 0.1) is 19.8 Å². The number of nitrogens with zero attached hydrogens (tertiary/aromatic N) is 3. The van der Waals surface area contributed by atoms with Crippen molar-refractivity contribution < 1.29 is 0 Å². The Morgan fingerprint density at radius 1 is 1.35 bits per heavy atom. The molecule has 0 bridgehead atoms. The number of nitrogens with one attached hydrogen (secondary N) is 2. The van der Waals surface area contributed by atoms with Crippen LogP contribution in [0.1, 0.15) is 36.2 Å². The van der Waals surface area contributed by atoms with Gasteiger partial charge >= 0.3 is 0 Å². The van der Waals surface area contributed by atoms with Crippen LogP contribution in [0.4, 0.5) is 0 Å². The van der Waals surface area contributed by atoms with Crippen molar-refractivity contribution in [3.05, 3.63) is 17.0 Å². The summed E-state index contributed by atoms with van der Waals surface area (Å²) in [5, 5.41) is 11.2. The van der Waals surface area contributed by atoms with Crippen molar-refractivity contribution in [3.8, 4) is 0 Å². The summed E-state index contributed by atoms with van der Waals surface area (Å²) in [6, 6.07) is 0. The molecule has 0 radical (unpaired) electrons.